The first kappa shape index (κ1) is 13.5. The van der Waals surface area contributed by atoms with Crippen LogP contribution in [0.4, 0.5) is 0 Å². The summed E-state index contributed by atoms with van der Waals surface area (Å²) in [6.45, 7) is 2.17. The Balaban J connectivity index is 1.54. The van der Waals surface area contributed by atoms with Crippen LogP contribution in [0, 0.1) is 0 Å². The summed E-state index contributed by atoms with van der Waals surface area (Å²) in [5, 5.41) is 0. The third-order valence-corrected chi connectivity index (χ3v) is 4.02. The van der Waals surface area contributed by atoms with Gasteiger partial charge in [0.1, 0.15) is 5.65 Å². The zero-order valence-electron chi connectivity index (χ0n) is 12.3. The summed E-state index contributed by atoms with van der Waals surface area (Å²) in [4.78, 5) is 4.28. The van der Waals surface area contributed by atoms with Gasteiger partial charge in [0.2, 0.25) is 0 Å². The minimum absolute atomic E-state index is 0.242. The molecule has 0 radical (unpaired) electrons. The molecule has 0 amide bonds. The lowest BCUT2D eigenvalue weighted by atomic mass is 10.1. The van der Waals surface area contributed by atoms with Gasteiger partial charge in [0.05, 0.1) is 19.3 Å². The van der Waals surface area contributed by atoms with Gasteiger partial charge >= 0.3 is 0 Å². The van der Waals surface area contributed by atoms with Crippen LogP contribution in [0.3, 0.4) is 0 Å². The van der Waals surface area contributed by atoms with E-state index in [0.29, 0.717) is 6.61 Å². The Morgan fingerprint density at radius 3 is 3.14 bits per heavy atom. The number of hydrogen-bond acceptors (Lipinski definition) is 3. The molecule has 0 saturated carbocycles. The molecule has 0 bridgehead atoms. The molecule has 0 spiro atoms. The fourth-order valence-electron chi connectivity index (χ4n) is 2.79. The maximum Gasteiger partial charge on any atom is 0.136 e. The smallest absolute Gasteiger partial charge is 0.136 e. The Kier molecular flexibility index (Phi) is 3.62. The van der Waals surface area contributed by atoms with Crippen molar-refractivity contribution in [3.63, 3.8) is 0 Å². The van der Waals surface area contributed by atoms with E-state index in [-0.39, 0.29) is 6.10 Å². The van der Waals surface area contributed by atoms with Crippen molar-refractivity contribution in [1.82, 2.24) is 9.38 Å². The maximum atomic E-state index is 5.90. The summed E-state index contributed by atoms with van der Waals surface area (Å²) in [7, 11) is 0. The lowest BCUT2D eigenvalue weighted by Crippen LogP contribution is -2.11. The van der Waals surface area contributed by atoms with Crippen molar-refractivity contribution in [2.45, 2.75) is 19.1 Å². The minimum atomic E-state index is 0.242. The molecular formula is C18H18N2O2. The fraction of sp³-hybridized carbons (Fsp3) is 0.278. The highest BCUT2D eigenvalue weighted by atomic mass is 16.5. The number of benzene rings is 1. The number of ether oxygens (including phenoxy) is 2. The van der Waals surface area contributed by atoms with Crippen LogP contribution < -0.4 is 0 Å². The Morgan fingerprint density at radius 2 is 2.23 bits per heavy atom. The zero-order valence-corrected chi connectivity index (χ0v) is 12.3. The van der Waals surface area contributed by atoms with Gasteiger partial charge in [0.25, 0.3) is 0 Å². The third-order valence-electron chi connectivity index (χ3n) is 4.02. The summed E-state index contributed by atoms with van der Waals surface area (Å²) >= 11 is 0. The van der Waals surface area contributed by atoms with E-state index in [4.69, 9.17) is 9.47 Å². The van der Waals surface area contributed by atoms with E-state index in [2.05, 4.69) is 41.5 Å². The average molecular weight is 294 g/mol. The highest BCUT2D eigenvalue weighted by Gasteiger charge is 2.15. The number of hydrogen-bond donors (Lipinski definition) is 0. The molecule has 1 atom stereocenters. The van der Waals surface area contributed by atoms with Crippen molar-refractivity contribution < 1.29 is 9.47 Å². The summed E-state index contributed by atoms with van der Waals surface area (Å²) in [6.07, 6.45) is 7.12. The number of pyridine rings is 1. The van der Waals surface area contributed by atoms with Gasteiger partial charge in [-0.2, -0.15) is 0 Å². The monoisotopic (exact) mass is 294 g/mol. The van der Waals surface area contributed by atoms with Crippen molar-refractivity contribution in [1.29, 1.82) is 0 Å². The van der Waals surface area contributed by atoms with Crippen LogP contribution in [0.5, 0.6) is 0 Å². The largest absolute Gasteiger partial charge is 0.379 e. The Hall–Kier alpha value is -2.17. The van der Waals surface area contributed by atoms with Gasteiger partial charge in [-0.1, -0.05) is 18.2 Å². The highest BCUT2D eigenvalue weighted by molar-refractivity contribution is 5.65. The van der Waals surface area contributed by atoms with Crippen LogP contribution in [0.2, 0.25) is 0 Å². The summed E-state index contributed by atoms with van der Waals surface area (Å²) in [5.41, 5.74) is 4.52. The number of rotatable bonds is 4. The number of imidazole rings is 1. The van der Waals surface area contributed by atoms with Crippen molar-refractivity contribution >= 4 is 5.65 Å². The molecule has 112 valence electrons. The second-order valence-corrected chi connectivity index (χ2v) is 5.61. The topological polar surface area (TPSA) is 35.8 Å². The van der Waals surface area contributed by atoms with Gasteiger partial charge in [-0.3, -0.25) is 0 Å². The standard InChI is InChI=1S/C18H18N2O2/c1-2-14(12-22-17-6-9-21-13-17)10-15(3-1)16-4-5-18-19-7-8-20(18)11-16/h1-5,7-8,10-11,17H,6,9,12-13H2. The predicted octanol–water partition coefficient (Wildman–Crippen LogP) is 3.31. The van der Waals surface area contributed by atoms with Gasteiger partial charge in [0.15, 0.2) is 0 Å². The Bertz CT molecular complexity index is 775. The number of nitrogens with zero attached hydrogens (tertiary/aromatic N) is 2. The van der Waals surface area contributed by atoms with Gasteiger partial charge in [-0.05, 0) is 41.3 Å². The zero-order chi connectivity index (χ0) is 14.8. The quantitative estimate of drug-likeness (QED) is 0.740. The minimum Gasteiger partial charge on any atom is -0.379 e. The van der Waals surface area contributed by atoms with Crippen LogP contribution >= 0.6 is 0 Å². The van der Waals surface area contributed by atoms with E-state index < -0.39 is 0 Å². The molecule has 0 aliphatic carbocycles. The molecule has 1 fully saturated rings. The average Bonchev–Trinajstić information content (AvgIpc) is 3.24. The fourth-order valence-corrected chi connectivity index (χ4v) is 2.79. The molecule has 1 aromatic carbocycles. The van der Waals surface area contributed by atoms with Crippen LogP contribution in [0.1, 0.15) is 12.0 Å². The summed E-state index contributed by atoms with van der Waals surface area (Å²) in [6, 6.07) is 12.6. The first-order valence-corrected chi connectivity index (χ1v) is 7.60. The molecule has 4 rings (SSSR count). The maximum absolute atomic E-state index is 5.90. The van der Waals surface area contributed by atoms with E-state index in [0.717, 1.165) is 25.3 Å². The van der Waals surface area contributed by atoms with E-state index in [9.17, 15) is 0 Å². The first-order chi connectivity index (χ1) is 10.9. The van der Waals surface area contributed by atoms with Crippen LogP contribution in [0.15, 0.2) is 55.0 Å². The second kappa shape index (κ2) is 5.91. The molecule has 0 N–H and O–H groups in total. The molecule has 1 unspecified atom stereocenters. The molecule has 3 aromatic rings. The lowest BCUT2D eigenvalue weighted by molar-refractivity contribution is 0.0318. The van der Waals surface area contributed by atoms with E-state index in [1.165, 1.54) is 16.7 Å². The SMILES string of the molecule is c1cc(COC2CCOC2)cc(-c2ccc3nccn3c2)c1. The van der Waals surface area contributed by atoms with Gasteiger partial charge in [0, 0.05) is 25.2 Å². The molecule has 1 aliphatic rings. The molecule has 3 heterocycles. The van der Waals surface area contributed by atoms with Crippen molar-refractivity contribution in [2.75, 3.05) is 13.2 Å². The van der Waals surface area contributed by atoms with Gasteiger partial charge < -0.3 is 13.9 Å². The molecule has 4 nitrogen and oxygen atoms in total. The molecule has 4 heteroatoms. The molecule has 1 saturated heterocycles. The molecular weight excluding hydrogens is 276 g/mol. The Morgan fingerprint density at radius 1 is 1.23 bits per heavy atom. The molecule has 22 heavy (non-hydrogen) atoms. The number of fused-ring (bicyclic) bond motifs is 1. The van der Waals surface area contributed by atoms with Crippen molar-refractivity contribution in [3.05, 3.63) is 60.6 Å². The van der Waals surface area contributed by atoms with Gasteiger partial charge in [-0.25, -0.2) is 4.98 Å². The van der Waals surface area contributed by atoms with E-state index in [1.807, 2.05) is 22.9 Å². The summed E-state index contributed by atoms with van der Waals surface area (Å²) in [5.74, 6) is 0. The third kappa shape index (κ3) is 2.75. The van der Waals surface area contributed by atoms with E-state index >= 15 is 0 Å². The van der Waals surface area contributed by atoms with Crippen LogP contribution in [-0.4, -0.2) is 28.7 Å². The first-order valence-electron chi connectivity index (χ1n) is 7.60. The number of aromatic nitrogens is 2. The normalized spacial score (nSPS) is 18.1. The van der Waals surface area contributed by atoms with E-state index in [1.54, 1.807) is 0 Å². The van der Waals surface area contributed by atoms with Crippen molar-refractivity contribution in [2.24, 2.45) is 0 Å². The predicted molar refractivity (Wildman–Crippen MR) is 84.6 cm³/mol. The highest BCUT2D eigenvalue weighted by Crippen LogP contribution is 2.22. The van der Waals surface area contributed by atoms with Crippen LogP contribution in [0.25, 0.3) is 16.8 Å². The second-order valence-electron chi connectivity index (χ2n) is 5.61. The molecule has 1 aliphatic heterocycles. The lowest BCUT2D eigenvalue weighted by Gasteiger charge is -2.11. The van der Waals surface area contributed by atoms with Gasteiger partial charge in [-0.15, -0.1) is 0 Å². The Labute approximate surface area is 129 Å². The van der Waals surface area contributed by atoms with Crippen molar-refractivity contribution in [3.8, 4) is 11.1 Å². The summed E-state index contributed by atoms with van der Waals surface area (Å²) < 4.78 is 13.3. The van der Waals surface area contributed by atoms with Crippen LogP contribution in [-0.2, 0) is 16.1 Å². The molecule has 2 aromatic heterocycles.